The van der Waals surface area contributed by atoms with E-state index in [9.17, 15) is 13.9 Å². The Bertz CT molecular complexity index is 1040. The standard InChI is InChI=1S/C26H26F2N2O/c1-3-7-21-14-15-23(26(28)25(21)27)20-12-10-19(11-13-20)22-16-29-24(30-17-22)9-6-4-5-8-18(2)31/h3,6,9-18,31H,1,4-5,7-8H2,2H3/b9-6+. The average molecular weight is 421 g/mol. The third-order valence-corrected chi connectivity index (χ3v) is 4.99. The van der Waals surface area contributed by atoms with E-state index in [0.29, 0.717) is 17.0 Å². The lowest BCUT2D eigenvalue weighted by atomic mass is 9.99. The van der Waals surface area contributed by atoms with Crippen molar-refractivity contribution in [2.24, 2.45) is 0 Å². The Morgan fingerprint density at radius 3 is 2.29 bits per heavy atom. The predicted molar refractivity (Wildman–Crippen MR) is 121 cm³/mol. The van der Waals surface area contributed by atoms with Gasteiger partial charge in [-0.3, -0.25) is 0 Å². The number of rotatable bonds is 9. The summed E-state index contributed by atoms with van der Waals surface area (Å²) in [6.45, 7) is 5.35. The molecule has 0 aliphatic heterocycles. The van der Waals surface area contributed by atoms with Crippen LogP contribution in [0.4, 0.5) is 8.78 Å². The summed E-state index contributed by atoms with van der Waals surface area (Å²) >= 11 is 0. The Labute approximate surface area is 181 Å². The first kappa shape index (κ1) is 22.5. The molecular weight excluding hydrogens is 394 g/mol. The monoisotopic (exact) mass is 420 g/mol. The molecule has 3 rings (SSSR count). The van der Waals surface area contributed by atoms with Crippen LogP contribution in [0, 0.1) is 11.6 Å². The Morgan fingerprint density at radius 1 is 0.968 bits per heavy atom. The molecule has 0 amide bonds. The number of allylic oxidation sites excluding steroid dienone is 2. The van der Waals surface area contributed by atoms with Gasteiger partial charge in [-0.2, -0.15) is 0 Å². The minimum absolute atomic E-state index is 0.226. The van der Waals surface area contributed by atoms with Gasteiger partial charge in [0.05, 0.1) is 6.10 Å². The molecule has 0 saturated carbocycles. The SMILES string of the molecule is C=CCc1ccc(-c2ccc(-c3cnc(/C=C/CCCC(C)O)nc3)cc2)c(F)c1F. The molecule has 1 N–H and O–H groups in total. The highest BCUT2D eigenvalue weighted by atomic mass is 19.2. The van der Waals surface area contributed by atoms with Crippen LogP contribution in [0.25, 0.3) is 28.3 Å². The van der Waals surface area contributed by atoms with Crippen LogP contribution in [0.5, 0.6) is 0 Å². The Morgan fingerprint density at radius 2 is 1.65 bits per heavy atom. The number of hydrogen-bond acceptors (Lipinski definition) is 3. The topological polar surface area (TPSA) is 46.0 Å². The molecule has 1 atom stereocenters. The fraction of sp³-hybridized carbons (Fsp3) is 0.231. The van der Waals surface area contributed by atoms with E-state index >= 15 is 0 Å². The fourth-order valence-corrected chi connectivity index (χ4v) is 3.26. The number of nitrogens with zero attached hydrogens (tertiary/aromatic N) is 2. The molecule has 2 aromatic carbocycles. The van der Waals surface area contributed by atoms with E-state index in [0.717, 1.165) is 30.4 Å². The van der Waals surface area contributed by atoms with Gasteiger partial charge in [-0.05, 0) is 55.4 Å². The molecule has 0 radical (unpaired) electrons. The third kappa shape index (κ3) is 5.92. The fourth-order valence-electron chi connectivity index (χ4n) is 3.26. The van der Waals surface area contributed by atoms with Crippen molar-refractivity contribution in [3.63, 3.8) is 0 Å². The van der Waals surface area contributed by atoms with E-state index in [1.54, 1.807) is 49.7 Å². The number of hydrogen-bond donors (Lipinski definition) is 1. The van der Waals surface area contributed by atoms with E-state index in [4.69, 9.17) is 0 Å². The van der Waals surface area contributed by atoms with Gasteiger partial charge in [-0.15, -0.1) is 6.58 Å². The molecular formula is C26H26F2N2O. The van der Waals surface area contributed by atoms with Gasteiger partial charge in [0.15, 0.2) is 17.5 Å². The van der Waals surface area contributed by atoms with E-state index in [1.165, 1.54) is 0 Å². The zero-order valence-electron chi connectivity index (χ0n) is 17.6. The van der Waals surface area contributed by atoms with Gasteiger partial charge < -0.3 is 5.11 Å². The Hall–Kier alpha value is -3.18. The van der Waals surface area contributed by atoms with Gasteiger partial charge in [0.1, 0.15) is 0 Å². The molecule has 3 aromatic rings. The molecule has 160 valence electrons. The van der Waals surface area contributed by atoms with Crippen LogP contribution >= 0.6 is 0 Å². The molecule has 1 unspecified atom stereocenters. The van der Waals surface area contributed by atoms with Crippen LogP contribution in [0.15, 0.2) is 67.5 Å². The summed E-state index contributed by atoms with van der Waals surface area (Å²) in [5.41, 5.74) is 2.85. The number of halogens is 2. The highest BCUT2D eigenvalue weighted by Gasteiger charge is 2.14. The highest BCUT2D eigenvalue weighted by molar-refractivity contribution is 5.70. The van der Waals surface area contributed by atoms with E-state index in [1.807, 2.05) is 24.3 Å². The van der Waals surface area contributed by atoms with Crippen molar-refractivity contribution in [1.82, 2.24) is 9.97 Å². The quantitative estimate of drug-likeness (QED) is 0.323. The van der Waals surface area contributed by atoms with Crippen LogP contribution < -0.4 is 0 Å². The first-order chi connectivity index (χ1) is 15.0. The number of benzene rings is 2. The van der Waals surface area contributed by atoms with Crippen LogP contribution in [-0.4, -0.2) is 21.2 Å². The molecule has 1 aromatic heterocycles. The summed E-state index contributed by atoms with van der Waals surface area (Å²) in [5.74, 6) is -1.06. The molecule has 31 heavy (non-hydrogen) atoms. The summed E-state index contributed by atoms with van der Waals surface area (Å²) in [5, 5.41) is 9.26. The zero-order chi connectivity index (χ0) is 22.2. The first-order valence-corrected chi connectivity index (χ1v) is 10.3. The second-order valence-electron chi connectivity index (χ2n) is 7.48. The predicted octanol–water partition coefficient (Wildman–Crippen LogP) is 6.38. The van der Waals surface area contributed by atoms with Crippen LogP contribution in [0.2, 0.25) is 0 Å². The van der Waals surface area contributed by atoms with Crippen molar-refractivity contribution in [3.8, 4) is 22.3 Å². The van der Waals surface area contributed by atoms with Crippen LogP contribution in [-0.2, 0) is 6.42 Å². The maximum Gasteiger partial charge on any atom is 0.166 e. The lowest BCUT2D eigenvalue weighted by Crippen LogP contribution is -1.97. The number of aliphatic hydroxyl groups excluding tert-OH is 1. The maximum absolute atomic E-state index is 14.5. The molecule has 0 aliphatic rings. The normalized spacial score (nSPS) is 12.3. The van der Waals surface area contributed by atoms with Crippen LogP contribution in [0.3, 0.4) is 0 Å². The van der Waals surface area contributed by atoms with Crippen molar-refractivity contribution in [2.45, 2.75) is 38.7 Å². The molecule has 1 heterocycles. The van der Waals surface area contributed by atoms with Gasteiger partial charge in [0.25, 0.3) is 0 Å². The largest absolute Gasteiger partial charge is 0.393 e. The molecule has 0 bridgehead atoms. The summed E-state index contributed by atoms with van der Waals surface area (Å²) < 4.78 is 28.7. The van der Waals surface area contributed by atoms with Crippen molar-refractivity contribution in [3.05, 3.63) is 90.5 Å². The Balaban J connectivity index is 1.70. The lowest BCUT2D eigenvalue weighted by molar-refractivity contribution is 0.182. The summed E-state index contributed by atoms with van der Waals surface area (Å²) in [7, 11) is 0. The van der Waals surface area contributed by atoms with E-state index in [2.05, 4.69) is 16.5 Å². The highest BCUT2D eigenvalue weighted by Crippen LogP contribution is 2.29. The molecule has 3 nitrogen and oxygen atoms in total. The minimum Gasteiger partial charge on any atom is -0.393 e. The maximum atomic E-state index is 14.5. The van der Waals surface area contributed by atoms with Crippen molar-refractivity contribution < 1.29 is 13.9 Å². The number of unbranched alkanes of at least 4 members (excludes halogenated alkanes) is 1. The van der Waals surface area contributed by atoms with Crippen molar-refractivity contribution >= 4 is 6.08 Å². The average Bonchev–Trinajstić information content (AvgIpc) is 2.77. The van der Waals surface area contributed by atoms with Gasteiger partial charge >= 0.3 is 0 Å². The lowest BCUT2D eigenvalue weighted by Gasteiger charge is -2.09. The van der Waals surface area contributed by atoms with Crippen molar-refractivity contribution in [2.75, 3.05) is 0 Å². The summed E-state index contributed by atoms with van der Waals surface area (Å²) in [4.78, 5) is 8.71. The first-order valence-electron chi connectivity index (χ1n) is 10.3. The molecule has 0 saturated heterocycles. The second kappa shape index (κ2) is 10.7. The molecule has 5 heteroatoms. The van der Waals surface area contributed by atoms with Gasteiger partial charge in [-0.1, -0.05) is 48.6 Å². The Kier molecular flexibility index (Phi) is 7.79. The van der Waals surface area contributed by atoms with Crippen molar-refractivity contribution in [1.29, 1.82) is 0 Å². The van der Waals surface area contributed by atoms with Gasteiger partial charge in [0, 0.05) is 23.5 Å². The summed E-state index contributed by atoms with van der Waals surface area (Å²) in [6, 6.07) is 10.4. The van der Waals surface area contributed by atoms with E-state index < -0.39 is 11.6 Å². The second-order valence-corrected chi connectivity index (χ2v) is 7.48. The smallest absolute Gasteiger partial charge is 0.166 e. The summed E-state index contributed by atoms with van der Waals surface area (Å²) in [6.07, 6.45) is 11.5. The van der Waals surface area contributed by atoms with Gasteiger partial charge in [-0.25, -0.2) is 18.7 Å². The third-order valence-electron chi connectivity index (χ3n) is 4.99. The number of aromatic nitrogens is 2. The molecule has 0 aliphatic carbocycles. The van der Waals surface area contributed by atoms with E-state index in [-0.39, 0.29) is 18.1 Å². The number of aliphatic hydroxyl groups is 1. The minimum atomic E-state index is -0.847. The van der Waals surface area contributed by atoms with Gasteiger partial charge in [0.2, 0.25) is 0 Å². The zero-order valence-corrected chi connectivity index (χ0v) is 17.6. The van der Waals surface area contributed by atoms with Crippen LogP contribution in [0.1, 0.15) is 37.6 Å². The molecule has 0 fully saturated rings. The molecule has 0 spiro atoms.